The van der Waals surface area contributed by atoms with E-state index in [-0.39, 0.29) is 6.42 Å². The van der Waals surface area contributed by atoms with Crippen LogP contribution >= 0.6 is 0 Å². The molecule has 4 heteroatoms. The Bertz CT molecular complexity index is 409. The Morgan fingerprint density at radius 3 is 2.37 bits per heavy atom. The first-order chi connectivity index (χ1) is 9.17. The van der Waals surface area contributed by atoms with Gasteiger partial charge >= 0.3 is 5.97 Å². The first-order valence-corrected chi connectivity index (χ1v) is 6.50. The SMILES string of the molecule is CCc1ccc(OCCCCC(=O)C(=O)OC)cc1. The topological polar surface area (TPSA) is 52.6 Å². The van der Waals surface area contributed by atoms with Gasteiger partial charge in [0.15, 0.2) is 0 Å². The van der Waals surface area contributed by atoms with Crippen LogP contribution in [0, 0.1) is 0 Å². The zero-order valence-electron chi connectivity index (χ0n) is 11.5. The lowest BCUT2D eigenvalue weighted by Gasteiger charge is -2.06. The van der Waals surface area contributed by atoms with Gasteiger partial charge in [-0.3, -0.25) is 4.79 Å². The van der Waals surface area contributed by atoms with Crippen LogP contribution in [0.15, 0.2) is 24.3 Å². The van der Waals surface area contributed by atoms with Crippen molar-refractivity contribution in [1.82, 2.24) is 0 Å². The average molecular weight is 264 g/mol. The minimum absolute atomic E-state index is 0.213. The van der Waals surface area contributed by atoms with Gasteiger partial charge in [0.05, 0.1) is 13.7 Å². The number of aryl methyl sites for hydroxylation is 1. The fourth-order valence-corrected chi connectivity index (χ4v) is 1.61. The molecular formula is C15H20O4. The van der Waals surface area contributed by atoms with Crippen LogP contribution in [0.2, 0.25) is 0 Å². The van der Waals surface area contributed by atoms with Crippen LogP contribution in [0.1, 0.15) is 31.7 Å². The summed E-state index contributed by atoms with van der Waals surface area (Å²) in [6, 6.07) is 7.96. The molecule has 0 saturated carbocycles. The van der Waals surface area contributed by atoms with E-state index in [4.69, 9.17) is 4.74 Å². The summed E-state index contributed by atoms with van der Waals surface area (Å²) in [5, 5.41) is 0. The van der Waals surface area contributed by atoms with E-state index in [1.807, 2.05) is 24.3 Å². The van der Waals surface area contributed by atoms with Gasteiger partial charge in [0.25, 0.3) is 0 Å². The summed E-state index contributed by atoms with van der Waals surface area (Å²) >= 11 is 0. The molecule has 0 aliphatic heterocycles. The molecule has 0 amide bonds. The molecule has 0 aliphatic rings. The first kappa shape index (κ1) is 15.2. The smallest absolute Gasteiger partial charge is 0.374 e. The van der Waals surface area contributed by atoms with Gasteiger partial charge in [-0.1, -0.05) is 19.1 Å². The van der Waals surface area contributed by atoms with E-state index in [0.717, 1.165) is 18.6 Å². The summed E-state index contributed by atoms with van der Waals surface area (Å²) in [5.41, 5.74) is 1.27. The molecule has 0 aliphatic carbocycles. The van der Waals surface area contributed by atoms with Crippen LogP contribution < -0.4 is 4.74 Å². The molecule has 0 bridgehead atoms. The van der Waals surface area contributed by atoms with Crippen molar-refractivity contribution < 1.29 is 19.1 Å². The third kappa shape index (κ3) is 5.55. The maximum atomic E-state index is 11.2. The monoisotopic (exact) mass is 264 g/mol. The molecular weight excluding hydrogens is 244 g/mol. The molecule has 0 N–H and O–H groups in total. The Morgan fingerprint density at radius 1 is 1.11 bits per heavy atom. The Hall–Kier alpha value is -1.84. The molecule has 1 rings (SSSR count). The van der Waals surface area contributed by atoms with Gasteiger partial charge < -0.3 is 9.47 Å². The highest BCUT2D eigenvalue weighted by atomic mass is 16.5. The van der Waals surface area contributed by atoms with Crippen LogP contribution in [-0.2, 0) is 20.7 Å². The van der Waals surface area contributed by atoms with Crippen molar-refractivity contribution in [2.24, 2.45) is 0 Å². The lowest BCUT2D eigenvalue weighted by molar-refractivity contribution is -0.151. The van der Waals surface area contributed by atoms with Gasteiger partial charge in [0.1, 0.15) is 5.75 Å². The zero-order valence-corrected chi connectivity index (χ0v) is 11.5. The normalized spacial score (nSPS) is 10.0. The van der Waals surface area contributed by atoms with Gasteiger partial charge in [-0.15, -0.1) is 0 Å². The number of carbonyl (C=O) groups is 2. The summed E-state index contributed by atoms with van der Waals surface area (Å²) in [5.74, 6) is -0.414. The third-order valence-electron chi connectivity index (χ3n) is 2.81. The number of esters is 1. The van der Waals surface area contributed by atoms with E-state index in [2.05, 4.69) is 11.7 Å². The molecule has 104 valence electrons. The van der Waals surface area contributed by atoms with Gasteiger partial charge in [0, 0.05) is 6.42 Å². The zero-order chi connectivity index (χ0) is 14.1. The molecule has 1 aromatic rings. The van der Waals surface area contributed by atoms with Crippen molar-refractivity contribution in [3.8, 4) is 5.75 Å². The van der Waals surface area contributed by atoms with Crippen molar-refractivity contribution in [2.45, 2.75) is 32.6 Å². The van der Waals surface area contributed by atoms with E-state index in [9.17, 15) is 9.59 Å². The predicted molar refractivity (Wildman–Crippen MR) is 72.2 cm³/mol. The second kappa shape index (κ2) is 8.29. The van der Waals surface area contributed by atoms with Crippen LogP contribution in [0.5, 0.6) is 5.75 Å². The number of carbonyl (C=O) groups excluding carboxylic acids is 2. The Kier molecular flexibility index (Phi) is 6.64. The summed E-state index contributed by atoms with van der Waals surface area (Å²) in [4.78, 5) is 22.0. The summed E-state index contributed by atoms with van der Waals surface area (Å²) < 4.78 is 9.89. The van der Waals surface area contributed by atoms with Crippen LogP contribution in [-0.4, -0.2) is 25.5 Å². The molecule has 0 fully saturated rings. The number of hydrogen-bond acceptors (Lipinski definition) is 4. The standard InChI is InChI=1S/C15H20O4/c1-3-12-7-9-13(10-8-12)19-11-5-4-6-14(16)15(17)18-2/h7-10H,3-6,11H2,1-2H3. The molecule has 19 heavy (non-hydrogen) atoms. The van der Waals surface area contributed by atoms with E-state index < -0.39 is 11.8 Å². The number of Topliss-reactive ketones (excluding diaryl/α,β-unsaturated/α-hetero) is 1. The Balaban J connectivity index is 2.16. The summed E-state index contributed by atoms with van der Waals surface area (Å²) in [6.45, 7) is 2.65. The molecule has 4 nitrogen and oxygen atoms in total. The van der Waals surface area contributed by atoms with Crippen LogP contribution in [0.4, 0.5) is 0 Å². The van der Waals surface area contributed by atoms with Crippen molar-refractivity contribution in [3.05, 3.63) is 29.8 Å². The first-order valence-electron chi connectivity index (χ1n) is 6.50. The predicted octanol–water partition coefficient (Wildman–Crippen LogP) is 2.54. The second-order valence-electron chi connectivity index (χ2n) is 4.22. The van der Waals surface area contributed by atoms with Gasteiger partial charge in [-0.05, 0) is 37.0 Å². The Labute approximate surface area is 113 Å². The van der Waals surface area contributed by atoms with Crippen molar-refractivity contribution >= 4 is 11.8 Å². The third-order valence-corrected chi connectivity index (χ3v) is 2.81. The highest BCUT2D eigenvalue weighted by Gasteiger charge is 2.12. The van der Waals surface area contributed by atoms with Gasteiger partial charge in [0.2, 0.25) is 5.78 Å². The molecule has 0 saturated heterocycles. The number of rotatable bonds is 8. The van der Waals surface area contributed by atoms with E-state index in [0.29, 0.717) is 13.0 Å². The number of unbranched alkanes of at least 4 members (excludes halogenated alkanes) is 1. The number of ketones is 1. The van der Waals surface area contributed by atoms with Crippen molar-refractivity contribution in [2.75, 3.05) is 13.7 Å². The lowest BCUT2D eigenvalue weighted by Crippen LogP contribution is -2.15. The number of ether oxygens (including phenoxy) is 2. The molecule has 0 atom stereocenters. The van der Waals surface area contributed by atoms with E-state index in [1.54, 1.807) is 0 Å². The van der Waals surface area contributed by atoms with Crippen LogP contribution in [0.25, 0.3) is 0 Å². The van der Waals surface area contributed by atoms with Crippen molar-refractivity contribution in [1.29, 1.82) is 0 Å². The minimum atomic E-state index is -0.768. The highest BCUT2D eigenvalue weighted by Crippen LogP contribution is 2.13. The molecule has 0 spiro atoms. The number of benzene rings is 1. The molecule has 1 aromatic carbocycles. The molecule has 0 aromatic heterocycles. The quantitative estimate of drug-likeness (QED) is 0.411. The molecule has 0 unspecified atom stereocenters. The summed E-state index contributed by atoms with van der Waals surface area (Å²) in [6.07, 6.45) is 2.58. The lowest BCUT2D eigenvalue weighted by atomic mass is 10.1. The van der Waals surface area contributed by atoms with Gasteiger partial charge in [-0.2, -0.15) is 0 Å². The fraction of sp³-hybridized carbons (Fsp3) is 0.467. The average Bonchev–Trinajstić information content (AvgIpc) is 2.46. The summed E-state index contributed by atoms with van der Waals surface area (Å²) in [7, 11) is 1.21. The molecule has 0 heterocycles. The van der Waals surface area contributed by atoms with Crippen LogP contribution in [0.3, 0.4) is 0 Å². The highest BCUT2D eigenvalue weighted by molar-refractivity contribution is 6.33. The van der Waals surface area contributed by atoms with Crippen molar-refractivity contribution in [3.63, 3.8) is 0 Å². The fourth-order valence-electron chi connectivity index (χ4n) is 1.61. The van der Waals surface area contributed by atoms with E-state index >= 15 is 0 Å². The van der Waals surface area contributed by atoms with Gasteiger partial charge in [-0.25, -0.2) is 4.79 Å². The maximum Gasteiger partial charge on any atom is 0.374 e. The minimum Gasteiger partial charge on any atom is -0.494 e. The molecule has 0 radical (unpaired) electrons. The second-order valence-corrected chi connectivity index (χ2v) is 4.22. The van der Waals surface area contributed by atoms with E-state index in [1.165, 1.54) is 12.7 Å². The number of methoxy groups -OCH3 is 1. The maximum absolute atomic E-state index is 11.2. The number of hydrogen-bond donors (Lipinski definition) is 0. The Morgan fingerprint density at radius 2 is 1.79 bits per heavy atom. The largest absolute Gasteiger partial charge is 0.494 e.